The summed E-state index contributed by atoms with van der Waals surface area (Å²) in [7, 11) is 0. The fraction of sp³-hybridized carbons (Fsp3) is 0.800. The number of hydrogen-bond acceptors (Lipinski definition) is 1. The highest BCUT2D eigenvalue weighted by molar-refractivity contribution is 5.68. The van der Waals surface area contributed by atoms with Gasteiger partial charge in [0, 0.05) is 10.8 Å². The highest BCUT2D eigenvalue weighted by Crippen LogP contribution is 2.77. The predicted octanol–water partition coefficient (Wildman–Crippen LogP) is 3.74. The monoisotopic (exact) mass is 219 g/mol. The molecule has 88 valence electrons. The summed E-state index contributed by atoms with van der Waals surface area (Å²) in [6.07, 6.45) is 7.77. The summed E-state index contributed by atoms with van der Waals surface area (Å²) in [6, 6.07) is 0. The van der Waals surface area contributed by atoms with Crippen molar-refractivity contribution in [3.63, 3.8) is 0 Å². The molecule has 0 aromatic carbocycles. The third kappa shape index (κ3) is 0.781. The number of rotatable bonds is 1. The Morgan fingerprint density at radius 2 is 2.25 bits per heavy atom. The molecule has 4 atom stereocenters. The van der Waals surface area contributed by atoms with Crippen molar-refractivity contribution in [1.29, 1.82) is 0 Å². The zero-order valence-corrected chi connectivity index (χ0v) is 10.6. The van der Waals surface area contributed by atoms with Crippen molar-refractivity contribution in [3.8, 4) is 0 Å². The molecule has 3 rings (SSSR count). The molecule has 0 N–H and O–H groups in total. The average Bonchev–Trinajstić information content (AvgIpc) is 2.81. The molecule has 3 aliphatic carbocycles. The minimum Gasteiger partial charge on any atom is -0.302 e. The second-order valence-electron chi connectivity index (χ2n) is 6.48. The van der Waals surface area contributed by atoms with Gasteiger partial charge in [0.05, 0.1) is 0 Å². The molecule has 0 saturated heterocycles. The van der Waals surface area contributed by atoms with Gasteiger partial charge in [-0.3, -0.25) is 0 Å². The lowest BCUT2D eigenvalue weighted by atomic mass is 9.57. The van der Waals surface area contributed by atoms with Gasteiger partial charge in [0.15, 0.2) is 0 Å². The van der Waals surface area contributed by atoms with E-state index < -0.39 is 5.41 Å². The Balaban J connectivity index is 2.24. The van der Waals surface area contributed by atoms with Crippen LogP contribution >= 0.6 is 0 Å². The first kappa shape index (κ1) is 9.44. The minimum atomic E-state index is -0.516. The van der Waals surface area contributed by atoms with E-state index in [0.717, 1.165) is 12.8 Å². The Bertz CT molecular complexity index is 427. The van der Waals surface area contributed by atoms with Crippen LogP contribution < -0.4 is 0 Å². The predicted molar refractivity (Wildman–Crippen MR) is 65.0 cm³/mol. The largest absolute Gasteiger partial charge is 0.302 e. The number of carbonyl (C=O) groups excluding carboxylic acids is 1. The fourth-order valence-corrected chi connectivity index (χ4v) is 5.68. The van der Waals surface area contributed by atoms with Gasteiger partial charge >= 0.3 is 0 Å². The van der Waals surface area contributed by atoms with E-state index in [0.29, 0.717) is 5.92 Å². The molecule has 0 spiro atoms. The highest BCUT2D eigenvalue weighted by Gasteiger charge is 2.70. The molecule has 0 heterocycles. The van der Waals surface area contributed by atoms with E-state index >= 15 is 0 Å². The van der Waals surface area contributed by atoms with E-state index in [1.165, 1.54) is 24.8 Å². The molecular formula is C15H22O. The lowest BCUT2D eigenvalue weighted by Crippen LogP contribution is -2.43. The Kier molecular flexibility index (Phi) is 1.65. The van der Waals surface area contributed by atoms with Gasteiger partial charge in [-0.15, -0.1) is 0 Å². The van der Waals surface area contributed by atoms with Crippen LogP contribution in [0.15, 0.2) is 11.6 Å². The smallest absolute Gasteiger partial charge is 0.130 e. The van der Waals surface area contributed by atoms with Gasteiger partial charge in [-0.2, -0.15) is 0 Å². The van der Waals surface area contributed by atoms with Crippen molar-refractivity contribution in [2.24, 2.45) is 22.2 Å². The van der Waals surface area contributed by atoms with Crippen LogP contribution in [0.1, 0.15) is 54.2 Å². The molecule has 0 unspecified atom stereocenters. The summed E-state index contributed by atoms with van der Waals surface area (Å²) < 4.78 is 7.74. The summed E-state index contributed by atoms with van der Waals surface area (Å²) in [4.78, 5) is 11.9. The third-order valence-corrected chi connectivity index (χ3v) is 6.29. The van der Waals surface area contributed by atoms with Crippen LogP contribution in [-0.4, -0.2) is 6.26 Å². The zero-order valence-electron chi connectivity index (χ0n) is 11.6. The molecule has 2 fully saturated rings. The Morgan fingerprint density at radius 3 is 2.94 bits per heavy atom. The highest BCUT2D eigenvalue weighted by atomic mass is 16.1. The van der Waals surface area contributed by atoms with Crippen molar-refractivity contribution in [1.82, 2.24) is 0 Å². The van der Waals surface area contributed by atoms with Crippen molar-refractivity contribution < 1.29 is 6.17 Å². The maximum Gasteiger partial charge on any atom is 0.130 e. The Labute approximate surface area is 99.7 Å². The zero-order chi connectivity index (χ0) is 12.5. The summed E-state index contributed by atoms with van der Waals surface area (Å²) in [5, 5.41) is 0. The molecule has 0 aliphatic heterocycles. The fourth-order valence-electron chi connectivity index (χ4n) is 5.68. The van der Waals surface area contributed by atoms with Gasteiger partial charge in [0.25, 0.3) is 0 Å². The lowest BCUT2D eigenvalue weighted by Gasteiger charge is -2.45. The molecule has 0 bridgehead atoms. The van der Waals surface area contributed by atoms with E-state index in [1.54, 1.807) is 0 Å². The number of allylic oxidation sites excluding steroid dienone is 2. The van der Waals surface area contributed by atoms with E-state index in [1.807, 2.05) is 6.92 Å². The van der Waals surface area contributed by atoms with Crippen LogP contribution in [0.25, 0.3) is 0 Å². The van der Waals surface area contributed by atoms with Crippen LogP contribution in [0, 0.1) is 22.2 Å². The molecular weight excluding hydrogens is 196 g/mol. The molecule has 16 heavy (non-hydrogen) atoms. The topological polar surface area (TPSA) is 17.1 Å². The molecule has 2 saturated carbocycles. The molecule has 3 aliphatic rings. The minimum absolute atomic E-state index is 0.0856. The first-order chi connectivity index (χ1) is 7.91. The second kappa shape index (κ2) is 2.80. The van der Waals surface area contributed by atoms with Crippen LogP contribution in [0.2, 0.25) is 0 Å². The Morgan fingerprint density at radius 1 is 1.50 bits per heavy atom. The SMILES string of the molecule is [2H]C(=O)[C@@]1(C)C=C(C)[C@]23CCC[C@@]21CC[C@H]3C. The van der Waals surface area contributed by atoms with Crippen LogP contribution in [-0.2, 0) is 4.79 Å². The maximum atomic E-state index is 11.9. The number of hydrogen-bond donors (Lipinski definition) is 0. The Hall–Kier alpha value is -0.590. The van der Waals surface area contributed by atoms with Gasteiger partial charge in [0.1, 0.15) is 7.63 Å². The summed E-state index contributed by atoms with van der Waals surface area (Å²) in [5.41, 5.74) is 1.22. The van der Waals surface area contributed by atoms with Crippen molar-refractivity contribution in [2.45, 2.75) is 52.9 Å². The summed E-state index contributed by atoms with van der Waals surface area (Å²) >= 11 is 0. The molecule has 1 nitrogen and oxygen atoms in total. The van der Waals surface area contributed by atoms with Gasteiger partial charge < -0.3 is 4.79 Å². The number of aldehydes is 1. The van der Waals surface area contributed by atoms with Gasteiger partial charge in [0.2, 0.25) is 0 Å². The summed E-state index contributed by atoms with van der Waals surface area (Å²) in [6.45, 7) is 6.58. The van der Waals surface area contributed by atoms with E-state index in [-0.39, 0.29) is 17.1 Å². The van der Waals surface area contributed by atoms with Crippen LogP contribution in [0.3, 0.4) is 0 Å². The van der Waals surface area contributed by atoms with Crippen molar-refractivity contribution >= 4 is 6.26 Å². The third-order valence-electron chi connectivity index (χ3n) is 6.29. The second-order valence-corrected chi connectivity index (χ2v) is 6.48. The van der Waals surface area contributed by atoms with Crippen molar-refractivity contribution in [3.05, 3.63) is 11.6 Å². The molecule has 0 radical (unpaired) electrons. The van der Waals surface area contributed by atoms with Crippen molar-refractivity contribution in [2.75, 3.05) is 0 Å². The lowest BCUT2D eigenvalue weighted by molar-refractivity contribution is -0.120. The van der Waals surface area contributed by atoms with E-state index in [4.69, 9.17) is 1.37 Å². The molecule has 1 heteroatoms. The van der Waals surface area contributed by atoms with Gasteiger partial charge in [-0.1, -0.05) is 25.0 Å². The summed E-state index contributed by atoms with van der Waals surface area (Å²) in [5.74, 6) is 0.683. The normalized spacial score (nSPS) is 55.6. The molecule has 0 aromatic heterocycles. The first-order valence-corrected chi connectivity index (χ1v) is 6.62. The van der Waals surface area contributed by atoms with Gasteiger partial charge in [-0.25, -0.2) is 0 Å². The first-order valence-electron chi connectivity index (χ1n) is 7.12. The van der Waals surface area contributed by atoms with E-state index in [9.17, 15) is 4.79 Å². The standard InChI is InChI=1S/C15H22O/c1-11-5-8-14-6-4-7-15(11,14)12(2)9-13(14,3)10-16/h9-11H,4-8H2,1-3H3/t11-,13-,14+,15-/m1/s1/i10D. The van der Waals surface area contributed by atoms with Crippen LogP contribution in [0.4, 0.5) is 0 Å². The quantitative estimate of drug-likeness (QED) is 0.485. The average molecular weight is 219 g/mol. The van der Waals surface area contributed by atoms with E-state index in [2.05, 4.69) is 19.9 Å². The number of carbonyl (C=O) groups is 1. The maximum absolute atomic E-state index is 11.9. The molecule has 0 aromatic rings. The van der Waals surface area contributed by atoms with Crippen LogP contribution in [0.5, 0.6) is 0 Å². The van der Waals surface area contributed by atoms with Gasteiger partial charge in [-0.05, 0) is 50.9 Å². The molecule has 0 amide bonds.